The van der Waals surface area contributed by atoms with Gasteiger partial charge in [0, 0.05) is 17.9 Å². The largest absolute Gasteiger partial charge is 0.489 e. The first kappa shape index (κ1) is 12.0. The average Bonchev–Trinajstić information content (AvgIpc) is 2.91. The fourth-order valence-electron chi connectivity index (χ4n) is 3.73. The summed E-state index contributed by atoms with van der Waals surface area (Å²) >= 11 is 0. The van der Waals surface area contributed by atoms with Crippen LogP contribution in [0.1, 0.15) is 44.6 Å². The van der Waals surface area contributed by atoms with E-state index < -0.39 is 0 Å². The van der Waals surface area contributed by atoms with Crippen LogP contribution in [-0.4, -0.2) is 12.1 Å². The molecule has 0 aromatic heterocycles. The van der Waals surface area contributed by atoms with E-state index >= 15 is 0 Å². The summed E-state index contributed by atoms with van der Waals surface area (Å²) in [7, 11) is 0. The molecule has 0 bridgehead atoms. The van der Waals surface area contributed by atoms with Crippen molar-refractivity contribution in [2.24, 2.45) is 11.1 Å². The van der Waals surface area contributed by atoms with E-state index in [2.05, 4.69) is 31.2 Å². The second-order valence-electron chi connectivity index (χ2n) is 5.85. The normalized spacial score (nSPS) is 29.2. The van der Waals surface area contributed by atoms with Gasteiger partial charge in [0.2, 0.25) is 0 Å². The van der Waals surface area contributed by atoms with E-state index in [1.54, 1.807) is 0 Å². The molecule has 98 valence electrons. The molecular weight excluding hydrogens is 222 g/mol. The predicted molar refractivity (Wildman–Crippen MR) is 73.7 cm³/mol. The minimum Gasteiger partial charge on any atom is -0.489 e. The number of hydrogen-bond donors (Lipinski definition) is 1. The van der Waals surface area contributed by atoms with Crippen molar-refractivity contribution < 1.29 is 4.74 Å². The van der Waals surface area contributed by atoms with E-state index in [1.807, 2.05) is 0 Å². The van der Waals surface area contributed by atoms with Gasteiger partial charge in [-0.25, -0.2) is 0 Å². The summed E-state index contributed by atoms with van der Waals surface area (Å²) in [6.07, 6.45) is 7.56. The highest BCUT2D eigenvalue weighted by molar-refractivity contribution is 5.34. The molecule has 0 saturated heterocycles. The van der Waals surface area contributed by atoms with E-state index in [-0.39, 0.29) is 0 Å². The second kappa shape index (κ2) is 4.58. The smallest absolute Gasteiger partial charge is 0.122 e. The SMILES string of the molecule is CCc1ccccc1OC1CC(N)C12CCCC2. The molecule has 0 aliphatic heterocycles. The maximum absolute atomic E-state index is 6.30. The third kappa shape index (κ3) is 1.74. The fourth-order valence-corrected chi connectivity index (χ4v) is 3.73. The van der Waals surface area contributed by atoms with Gasteiger partial charge in [-0.05, 0) is 30.9 Å². The van der Waals surface area contributed by atoms with Gasteiger partial charge in [-0.15, -0.1) is 0 Å². The lowest BCUT2D eigenvalue weighted by Gasteiger charge is -2.52. The first-order valence-electron chi connectivity index (χ1n) is 7.26. The van der Waals surface area contributed by atoms with Crippen LogP contribution in [0, 0.1) is 5.41 Å². The molecule has 3 rings (SSSR count). The molecule has 0 amide bonds. The topological polar surface area (TPSA) is 35.2 Å². The second-order valence-corrected chi connectivity index (χ2v) is 5.85. The van der Waals surface area contributed by atoms with Crippen molar-refractivity contribution in [3.63, 3.8) is 0 Å². The molecule has 18 heavy (non-hydrogen) atoms. The quantitative estimate of drug-likeness (QED) is 0.887. The lowest BCUT2D eigenvalue weighted by molar-refractivity contribution is -0.0624. The molecule has 2 fully saturated rings. The van der Waals surface area contributed by atoms with Crippen LogP contribution in [-0.2, 0) is 6.42 Å². The predicted octanol–water partition coefficient (Wildman–Crippen LogP) is 3.29. The van der Waals surface area contributed by atoms with Crippen molar-refractivity contribution in [2.45, 2.75) is 57.6 Å². The number of rotatable bonds is 3. The minimum absolute atomic E-state index is 0.293. The van der Waals surface area contributed by atoms with E-state index in [0.717, 1.165) is 18.6 Å². The monoisotopic (exact) mass is 245 g/mol. The van der Waals surface area contributed by atoms with Gasteiger partial charge in [0.15, 0.2) is 0 Å². The van der Waals surface area contributed by atoms with Gasteiger partial charge in [-0.1, -0.05) is 38.0 Å². The van der Waals surface area contributed by atoms with E-state index in [1.165, 1.54) is 31.2 Å². The Morgan fingerprint density at radius 2 is 2.00 bits per heavy atom. The summed E-state index contributed by atoms with van der Waals surface area (Å²) < 4.78 is 6.30. The Morgan fingerprint density at radius 3 is 2.67 bits per heavy atom. The lowest BCUT2D eigenvalue weighted by atomic mass is 9.61. The molecule has 2 heteroatoms. The number of ether oxygens (including phenoxy) is 1. The molecule has 1 aromatic carbocycles. The molecule has 0 radical (unpaired) electrons. The first-order chi connectivity index (χ1) is 8.76. The van der Waals surface area contributed by atoms with Gasteiger partial charge in [-0.3, -0.25) is 0 Å². The number of para-hydroxylation sites is 1. The van der Waals surface area contributed by atoms with Gasteiger partial charge in [0.1, 0.15) is 11.9 Å². The zero-order chi connectivity index (χ0) is 12.6. The van der Waals surface area contributed by atoms with Crippen molar-refractivity contribution in [2.75, 3.05) is 0 Å². The van der Waals surface area contributed by atoms with Crippen LogP contribution in [0.15, 0.2) is 24.3 Å². The maximum Gasteiger partial charge on any atom is 0.122 e. The molecule has 2 atom stereocenters. The number of nitrogens with two attached hydrogens (primary N) is 1. The van der Waals surface area contributed by atoms with Crippen molar-refractivity contribution in [1.82, 2.24) is 0 Å². The van der Waals surface area contributed by atoms with Gasteiger partial charge >= 0.3 is 0 Å². The Hall–Kier alpha value is -1.02. The molecule has 0 heterocycles. The van der Waals surface area contributed by atoms with Crippen LogP contribution in [0.2, 0.25) is 0 Å². The molecular formula is C16H23NO. The van der Waals surface area contributed by atoms with Gasteiger partial charge < -0.3 is 10.5 Å². The molecule has 2 saturated carbocycles. The summed E-state index contributed by atoms with van der Waals surface area (Å²) in [5, 5.41) is 0. The Labute approximate surface area is 110 Å². The van der Waals surface area contributed by atoms with E-state index in [9.17, 15) is 0 Å². The summed E-state index contributed by atoms with van der Waals surface area (Å²) in [5.74, 6) is 1.07. The summed E-state index contributed by atoms with van der Waals surface area (Å²) in [4.78, 5) is 0. The molecule has 2 N–H and O–H groups in total. The molecule has 2 nitrogen and oxygen atoms in total. The highest BCUT2D eigenvalue weighted by Gasteiger charge is 2.56. The Morgan fingerprint density at radius 1 is 1.28 bits per heavy atom. The summed E-state index contributed by atoms with van der Waals surface area (Å²) in [6, 6.07) is 8.78. The first-order valence-corrected chi connectivity index (χ1v) is 7.26. The number of benzene rings is 1. The van der Waals surface area contributed by atoms with Crippen molar-refractivity contribution >= 4 is 0 Å². The third-order valence-electron chi connectivity index (χ3n) is 5.00. The van der Waals surface area contributed by atoms with Crippen molar-refractivity contribution in [3.05, 3.63) is 29.8 Å². The summed E-state index contributed by atoms with van der Waals surface area (Å²) in [5.41, 5.74) is 7.86. The fraction of sp³-hybridized carbons (Fsp3) is 0.625. The van der Waals surface area contributed by atoms with E-state index in [4.69, 9.17) is 10.5 Å². The zero-order valence-corrected chi connectivity index (χ0v) is 11.2. The third-order valence-corrected chi connectivity index (χ3v) is 5.00. The zero-order valence-electron chi connectivity index (χ0n) is 11.2. The Bertz CT molecular complexity index is 423. The Balaban J connectivity index is 1.77. The maximum atomic E-state index is 6.30. The molecule has 2 unspecified atom stereocenters. The molecule has 2 aliphatic rings. The van der Waals surface area contributed by atoms with Crippen LogP contribution >= 0.6 is 0 Å². The van der Waals surface area contributed by atoms with Crippen LogP contribution in [0.5, 0.6) is 5.75 Å². The van der Waals surface area contributed by atoms with Crippen molar-refractivity contribution in [1.29, 1.82) is 0 Å². The highest BCUT2D eigenvalue weighted by Crippen LogP contribution is 2.53. The summed E-state index contributed by atoms with van der Waals surface area (Å²) in [6.45, 7) is 2.18. The molecule has 1 aromatic rings. The van der Waals surface area contributed by atoms with Gasteiger partial charge in [0.25, 0.3) is 0 Å². The molecule has 1 spiro atoms. The van der Waals surface area contributed by atoms with Crippen molar-refractivity contribution in [3.8, 4) is 5.75 Å². The average molecular weight is 245 g/mol. The Kier molecular flexibility index (Phi) is 3.06. The highest BCUT2D eigenvalue weighted by atomic mass is 16.5. The minimum atomic E-state index is 0.293. The lowest BCUT2D eigenvalue weighted by Crippen LogP contribution is -2.62. The van der Waals surface area contributed by atoms with Crippen LogP contribution < -0.4 is 10.5 Å². The van der Waals surface area contributed by atoms with Gasteiger partial charge in [-0.2, -0.15) is 0 Å². The van der Waals surface area contributed by atoms with E-state index in [0.29, 0.717) is 17.6 Å². The van der Waals surface area contributed by atoms with Crippen LogP contribution in [0.25, 0.3) is 0 Å². The van der Waals surface area contributed by atoms with Crippen LogP contribution in [0.4, 0.5) is 0 Å². The van der Waals surface area contributed by atoms with Crippen LogP contribution in [0.3, 0.4) is 0 Å². The number of aryl methyl sites for hydroxylation is 1. The number of hydrogen-bond acceptors (Lipinski definition) is 2. The van der Waals surface area contributed by atoms with Gasteiger partial charge in [0.05, 0.1) is 0 Å². The molecule has 2 aliphatic carbocycles. The standard InChI is InChI=1S/C16H23NO/c1-2-12-7-3-4-8-13(12)18-15-11-14(17)16(15)9-5-6-10-16/h3-4,7-8,14-15H,2,5-6,9-11,17H2,1H3.